The molecular formula is C8H14N2O5. The first-order valence-corrected chi connectivity index (χ1v) is 4.34. The predicted molar refractivity (Wildman–Crippen MR) is 50.5 cm³/mol. The van der Waals surface area contributed by atoms with Crippen LogP contribution in [0.25, 0.3) is 0 Å². The molecule has 7 nitrogen and oxygen atoms in total. The van der Waals surface area contributed by atoms with Gasteiger partial charge in [-0.3, -0.25) is 4.79 Å². The summed E-state index contributed by atoms with van der Waals surface area (Å²) in [6.07, 6.45) is -0.652. The molecule has 86 valence electrons. The van der Waals surface area contributed by atoms with E-state index in [0.717, 1.165) is 0 Å². The maximum Gasteiger partial charge on any atom is 0.326 e. The third kappa shape index (κ3) is 6.30. The van der Waals surface area contributed by atoms with Gasteiger partial charge in [-0.1, -0.05) is 0 Å². The number of hydrogen-bond acceptors (Lipinski definition) is 3. The van der Waals surface area contributed by atoms with Gasteiger partial charge in [0, 0.05) is 6.04 Å². The molecule has 0 spiro atoms. The highest BCUT2D eigenvalue weighted by molar-refractivity contribution is 5.86. The van der Waals surface area contributed by atoms with Crippen molar-refractivity contribution in [2.75, 3.05) is 0 Å². The molecule has 0 fully saturated rings. The minimum absolute atomic E-state index is 0.149. The van der Waals surface area contributed by atoms with Crippen LogP contribution in [0.4, 0.5) is 4.79 Å². The number of urea groups is 1. The second-order valence-electron chi connectivity index (χ2n) is 3.26. The normalized spacial score (nSPS) is 11.9. The summed E-state index contributed by atoms with van der Waals surface area (Å²) >= 11 is 0. The van der Waals surface area contributed by atoms with Gasteiger partial charge in [-0.05, 0) is 13.8 Å². The topological polar surface area (TPSA) is 116 Å². The van der Waals surface area contributed by atoms with E-state index in [4.69, 9.17) is 10.2 Å². The fourth-order valence-electron chi connectivity index (χ4n) is 0.837. The molecule has 0 aromatic rings. The van der Waals surface area contributed by atoms with Crippen LogP contribution < -0.4 is 10.6 Å². The number of carboxylic acids is 2. The lowest BCUT2D eigenvalue weighted by Gasteiger charge is -2.14. The molecule has 0 saturated carbocycles. The largest absolute Gasteiger partial charge is 0.481 e. The number of nitrogens with one attached hydrogen (secondary N) is 2. The lowest BCUT2D eigenvalue weighted by atomic mass is 10.2. The van der Waals surface area contributed by atoms with E-state index in [0.29, 0.717) is 0 Å². The molecular weight excluding hydrogens is 204 g/mol. The Labute approximate surface area is 86.5 Å². The third-order valence-electron chi connectivity index (χ3n) is 1.40. The summed E-state index contributed by atoms with van der Waals surface area (Å²) < 4.78 is 0. The minimum Gasteiger partial charge on any atom is -0.481 e. The van der Waals surface area contributed by atoms with Crippen molar-refractivity contribution in [3.05, 3.63) is 0 Å². The van der Waals surface area contributed by atoms with Crippen molar-refractivity contribution in [3.8, 4) is 0 Å². The summed E-state index contributed by atoms with van der Waals surface area (Å²) in [5.41, 5.74) is 0. The first-order chi connectivity index (χ1) is 6.82. The highest BCUT2D eigenvalue weighted by atomic mass is 16.4. The van der Waals surface area contributed by atoms with Gasteiger partial charge in [-0.15, -0.1) is 0 Å². The predicted octanol–water partition coefficient (Wildman–Crippen LogP) is -0.378. The molecule has 0 heterocycles. The molecule has 0 aliphatic carbocycles. The van der Waals surface area contributed by atoms with Gasteiger partial charge in [0.2, 0.25) is 0 Å². The third-order valence-corrected chi connectivity index (χ3v) is 1.40. The van der Waals surface area contributed by atoms with E-state index in [1.165, 1.54) is 0 Å². The van der Waals surface area contributed by atoms with Gasteiger partial charge in [0.1, 0.15) is 6.04 Å². The number of carbonyl (C=O) groups excluding carboxylic acids is 1. The molecule has 2 amide bonds. The van der Waals surface area contributed by atoms with Gasteiger partial charge < -0.3 is 20.8 Å². The first-order valence-electron chi connectivity index (χ1n) is 4.34. The van der Waals surface area contributed by atoms with Crippen LogP contribution in [0.2, 0.25) is 0 Å². The number of carbonyl (C=O) groups is 3. The standard InChI is InChI=1S/C8H14N2O5/c1-4(2)9-8(15)10-5(7(13)14)3-6(11)12/h4-5H,3H2,1-2H3,(H,11,12)(H,13,14)(H2,9,10,15)/t5-/m0/s1. The number of carboxylic acid groups (broad SMARTS) is 2. The molecule has 0 aromatic carbocycles. The van der Waals surface area contributed by atoms with E-state index in [-0.39, 0.29) is 6.04 Å². The van der Waals surface area contributed by atoms with E-state index in [9.17, 15) is 14.4 Å². The molecule has 0 aromatic heterocycles. The van der Waals surface area contributed by atoms with Gasteiger partial charge >= 0.3 is 18.0 Å². The van der Waals surface area contributed by atoms with Gasteiger partial charge in [-0.25, -0.2) is 9.59 Å². The van der Waals surface area contributed by atoms with Crippen LogP contribution in [0.15, 0.2) is 0 Å². The van der Waals surface area contributed by atoms with Crippen LogP contribution in [-0.2, 0) is 9.59 Å². The second kappa shape index (κ2) is 5.84. The van der Waals surface area contributed by atoms with Crippen molar-refractivity contribution in [1.29, 1.82) is 0 Å². The minimum atomic E-state index is -1.42. The molecule has 1 atom stereocenters. The highest BCUT2D eigenvalue weighted by Gasteiger charge is 2.22. The van der Waals surface area contributed by atoms with Gasteiger partial charge in [0.25, 0.3) is 0 Å². The average molecular weight is 218 g/mol. The molecule has 0 rings (SSSR count). The zero-order chi connectivity index (χ0) is 12.0. The lowest BCUT2D eigenvalue weighted by molar-refractivity contribution is -0.145. The van der Waals surface area contributed by atoms with E-state index in [2.05, 4.69) is 5.32 Å². The lowest BCUT2D eigenvalue weighted by Crippen LogP contribution is -2.48. The summed E-state index contributed by atoms with van der Waals surface area (Å²) in [5, 5.41) is 21.4. The number of amides is 2. The fourth-order valence-corrected chi connectivity index (χ4v) is 0.837. The zero-order valence-electron chi connectivity index (χ0n) is 8.48. The van der Waals surface area contributed by atoms with Crippen molar-refractivity contribution in [2.45, 2.75) is 32.4 Å². The SMILES string of the molecule is CC(C)NC(=O)N[C@@H](CC(=O)O)C(=O)O. The molecule has 0 unspecified atom stereocenters. The van der Waals surface area contributed by atoms with E-state index >= 15 is 0 Å². The van der Waals surface area contributed by atoms with E-state index in [1.54, 1.807) is 13.8 Å². The molecule has 0 aliphatic rings. The van der Waals surface area contributed by atoms with Crippen LogP contribution in [0.5, 0.6) is 0 Å². The highest BCUT2D eigenvalue weighted by Crippen LogP contribution is 1.92. The smallest absolute Gasteiger partial charge is 0.326 e. The maximum atomic E-state index is 11.1. The Balaban J connectivity index is 4.22. The van der Waals surface area contributed by atoms with Crippen LogP contribution in [0.1, 0.15) is 20.3 Å². The maximum absolute atomic E-state index is 11.1. The number of rotatable bonds is 5. The quantitative estimate of drug-likeness (QED) is 0.502. The molecule has 7 heteroatoms. The van der Waals surface area contributed by atoms with Crippen LogP contribution in [-0.4, -0.2) is 40.3 Å². The van der Waals surface area contributed by atoms with Crippen LogP contribution in [0, 0.1) is 0 Å². The summed E-state index contributed by atoms with van der Waals surface area (Å²) in [6.45, 7) is 3.40. The monoisotopic (exact) mass is 218 g/mol. The van der Waals surface area contributed by atoms with Gasteiger partial charge in [0.15, 0.2) is 0 Å². The Kier molecular flexibility index (Phi) is 5.14. The average Bonchev–Trinajstić information content (AvgIpc) is 1.99. The Hall–Kier alpha value is -1.79. The van der Waals surface area contributed by atoms with Crippen molar-refractivity contribution < 1.29 is 24.6 Å². The molecule has 15 heavy (non-hydrogen) atoms. The Morgan fingerprint density at radius 2 is 1.67 bits per heavy atom. The van der Waals surface area contributed by atoms with Gasteiger partial charge in [-0.2, -0.15) is 0 Å². The molecule has 4 N–H and O–H groups in total. The Morgan fingerprint density at radius 1 is 1.13 bits per heavy atom. The second-order valence-corrected chi connectivity index (χ2v) is 3.26. The van der Waals surface area contributed by atoms with Gasteiger partial charge in [0.05, 0.1) is 6.42 Å². The van der Waals surface area contributed by atoms with Crippen molar-refractivity contribution in [3.63, 3.8) is 0 Å². The Bertz CT molecular complexity index is 264. The van der Waals surface area contributed by atoms with Crippen molar-refractivity contribution in [2.24, 2.45) is 0 Å². The molecule has 0 saturated heterocycles. The van der Waals surface area contributed by atoms with Crippen molar-refractivity contribution in [1.82, 2.24) is 10.6 Å². The summed E-state index contributed by atoms with van der Waals surface area (Å²) in [5.74, 6) is -2.66. The van der Waals surface area contributed by atoms with Crippen LogP contribution in [0.3, 0.4) is 0 Å². The van der Waals surface area contributed by atoms with Crippen molar-refractivity contribution >= 4 is 18.0 Å². The fraction of sp³-hybridized carbons (Fsp3) is 0.625. The first kappa shape index (κ1) is 13.2. The number of aliphatic carboxylic acids is 2. The number of hydrogen-bond donors (Lipinski definition) is 4. The molecule has 0 bridgehead atoms. The van der Waals surface area contributed by atoms with Crippen LogP contribution >= 0.6 is 0 Å². The Morgan fingerprint density at radius 3 is 2.00 bits per heavy atom. The van der Waals surface area contributed by atoms with E-state index < -0.39 is 30.4 Å². The zero-order valence-corrected chi connectivity index (χ0v) is 8.48. The molecule has 0 radical (unpaired) electrons. The molecule has 0 aliphatic heterocycles. The summed E-state index contributed by atoms with van der Waals surface area (Å²) in [6, 6.07) is -2.26. The summed E-state index contributed by atoms with van der Waals surface area (Å²) in [7, 11) is 0. The van der Waals surface area contributed by atoms with E-state index in [1.807, 2.05) is 5.32 Å². The summed E-state index contributed by atoms with van der Waals surface area (Å²) in [4.78, 5) is 31.9.